The van der Waals surface area contributed by atoms with Crippen LogP contribution in [0, 0.1) is 0 Å². The van der Waals surface area contributed by atoms with Crippen molar-refractivity contribution >= 4 is 49.2 Å². The number of rotatable bonds is 5. The van der Waals surface area contributed by atoms with Gasteiger partial charge in [-0.15, -0.1) is 0 Å². The Morgan fingerprint density at radius 2 is 0.980 bits per heavy atom. The lowest BCUT2D eigenvalue weighted by molar-refractivity contribution is 1.18. The maximum absolute atomic E-state index is 2.43. The van der Waals surface area contributed by atoms with E-state index in [2.05, 4.69) is 191 Å². The van der Waals surface area contributed by atoms with Crippen LogP contribution in [0.3, 0.4) is 0 Å². The Labute approximate surface area is 285 Å². The number of benzene rings is 7. The number of allylic oxidation sites excluding steroid dienone is 4. The number of aromatic nitrogens is 2. The third-order valence-electron chi connectivity index (χ3n) is 10.2. The van der Waals surface area contributed by atoms with Crippen LogP contribution >= 0.6 is 0 Å². The van der Waals surface area contributed by atoms with Gasteiger partial charge < -0.3 is 9.13 Å². The van der Waals surface area contributed by atoms with Gasteiger partial charge in [-0.2, -0.15) is 0 Å². The third-order valence-corrected chi connectivity index (χ3v) is 10.2. The van der Waals surface area contributed by atoms with E-state index in [1.54, 1.807) is 0 Å². The molecule has 1 aliphatic rings. The normalized spacial score (nSPS) is 12.9. The molecule has 0 saturated carbocycles. The first kappa shape index (κ1) is 27.7. The van der Waals surface area contributed by atoms with Gasteiger partial charge in [-0.25, -0.2) is 0 Å². The summed E-state index contributed by atoms with van der Waals surface area (Å²) < 4.78 is 4.85. The SMILES string of the molecule is C1=CCC(c2cccc(-n3c4ccccc4c4cc(-c5ccc6c(c5)c5ccccc5n6-c5ccccc5-c5ccccc5)ccc43)c2)=C1. The van der Waals surface area contributed by atoms with Crippen LogP contribution in [0.25, 0.3) is 82.8 Å². The van der Waals surface area contributed by atoms with Gasteiger partial charge in [0.1, 0.15) is 0 Å². The van der Waals surface area contributed by atoms with Crippen LogP contribution in [-0.2, 0) is 0 Å². The van der Waals surface area contributed by atoms with Crippen LogP contribution in [-0.4, -0.2) is 9.13 Å². The van der Waals surface area contributed by atoms with E-state index in [4.69, 9.17) is 0 Å². The van der Waals surface area contributed by atoms with Crippen molar-refractivity contribution in [3.63, 3.8) is 0 Å². The van der Waals surface area contributed by atoms with Crippen molar-refractivity contribution in [1.82, 2.24) is 9.13 Å². The molecule has 2 heterocycles. The van der Waals surface area contributed by atoms with Crippen molar-refractivity contribution in [3.8, 4) is 33.6 Å². The molecule has 0 atom stereocenters. The number of hydrogen-bond acceptors (Lipinski definition) is 0. The molecular formula is C47H32N2. The van der Waals surface area contributed by atoms with Crippen LogP contribution in [0.2, 0.25) is 0 Å². The molecule has 0 radical (unpaired) electrons. The summed E-state index contributed by atoms with van der Waals surface area (Å²) in [7, 11) is 0. The number of hydrogen-bond donors (Lipinski definition) is 0. The third kappa shape index (κ3) is 4.42. The first-order valence-corrected chi connectivity index (χ1v) is 17.0. The van der Waals surface area contributed by atoms with Gasteiger partial charge in [0.05, 0.1) is 27.8 Å². The lowest BCUT2D eigenvalue weighted by Gasteiger charge is -2.14. The standard InChI is InChI=1S/C47H32N2/c1-2-15-33(16-3-1)38-19-6-9-22-43(38)49-45-24-11-8-21-40(45)42-31-36(26-28-47(42)49)35-25-27-46-41(30-35)39-20-7-10-23-44(39)48(46)37-18-12-17-34(29-37)32-13-4-5-14-32/h1-13,15-31H,14H2. The van der Waals surface area contributed by atoms with Gasteiger partial charge in [-0.3, -0.25) is 0 Å². The Kier molecular flexibility index (Phi) is 6.28. The molecule has 2 nitrogen and oxygen atoms in total. The fourth-order valence-corrected chi connectivity index (χ4v) is 7.88. The van der Waals surface area contributed by atoms with E-state index in [-0.39, 0.29) is 0 Å². The smallest absolute Gasteiger partial charge is 0.0541 e. The first-order valence-electron chi connectivity index (χ1n) is 17.0. The molecule has 2 aromatic heterocycles. The van der Waals surface area contributed by atoms with Crippen LogP contribution < -0.4 is 0 Å². The molecule has 0 saturated heterocycles. The predicted molar refractivity (Wildman–Crippen MR) is 208 cm³/mol. The summed E-state index contributed by atoms with van der Waals surface area (Å²) in [5.74, 6) is 0. The maximum atomic E-state index is 2.43. The molecule has 0 amide bonds. The van der Waals surface area contributed by atoms with Crippen LogP contribution in [0.15, 0.2) is 182 Å². The highest BCUT2D eigenvalue weighted by molar-refractivity contribution is 6.13. The van der Waals surface area contributed by atoms with Gasteiger partial charge in [-0.1, -0.05) is 127 Å². The average Bonchev–Trinajstić information content (AvgIpc) is 3.91. The zero-order chi connectivity index (χ0) is 32.3. The van der Waals surface area contributed by atoms with Gasteiger partial charge in [0.25, 0.3) is 0 Å². The monoisotopic (exact) mass is 624 g/mol. The second-order valence-corrected chi connectivity index (χ2v) is 12.9. The van der Waals surface area contributed by atoms with Gasteiger partial charge in [-0.05, 0) is 88.8 Å². The van der Waals surface area contributed by atoms with Gasteiger partial charge in [0.2, 0.25) is 0 Å². The highest BCUT2D eigenvalue weighted by Gasteiger charge is 2.18. The van der Waals surface area contributed by atoms with Crippen molar-refractivity contribution in [3.05, 3.63) is 188 Å². The van der Waals surface area contributed by atoms with Crippen molar-refractivity contribution in [2.24, 2.45) is 0 Å². The van der Waals surface area contributed by atoms with E-state index in [9.17, 15) is 0 Å². The molecule has 0 unspecified atom stereocenters. The fraction of sp³-hybridized carbons (Fsp3) is 0.0213. The number of para-hydroxylation sites is 3. The summed E-state index contributed by atoms with van der Waals surface area (Å²) >= 11 is 0. The number of nitrogens with zero attached hydrogens (tertiary/aromatic N) is 2. The zero-order valence-electron chi connectivity index (χ0n) is 26.9. The summed E-state index contributed by atoms with van der Waals surface area (Å²) in [6, 6.07) is 59.9. The highest BCUT2D eigenvalue weighted by Crippen LogP contribution is 2.40. The summed E-state index contributed by atoms with van der Waals surface area (Å²) in [6.45, 7) is 0. The van der Waals surface area contributed by atoms with Crippen molar-refractivity contribution < 1.29 is 0 Å². The van der Waals surface area contributed by atoms with E-state index in [0.717, 1.165) is 6.42 Å². The van der Waals surface area contributed by atoms with Crippen LogP contribution in [0.4, 0.5) is 0 Å². The summed E-state index contributed by atoms with van der Waals surface area (Å²) in [5.41, 5.74) is 14.8. The molecule has 49 heavy (non-hydrogen) atoms. The molecule has 7 aromatic carbocycles. The Morgan fingerprint density at radius 3 is 1.69 bits per heavy atom. The Morgan fingerprint density at radius 1 is 0.388 bits per heavy atom. The van der Waals surface area contributed by atoms with Crippen molar-refractivity contribution in [2.45, 2.75) is 6.42 Å². The largest absolute Gasteiger partial charge is 0.309 e. The van der Waals surface area contributed by atoms with E-state index in [1.165, 1.54) is 88.4 Å². The van der Waals surface area contributed by atoms with E-state index in [0.29, 0.717) is 0 Å². The van der Waals surface area contributed by atoms with Crippen molar-refractivity contribution in [1.29, 1.82) is 0 Å². The average molecular weight is 625 g/mol. The molecule has 1 aliphatic carbocycles. The lowest BCUT2D eigenvalue weighted by Crippen LogP contribution is -1.97. The van der Waals surface area contributed by atoms with E-state index < -0.39 is 0 Å². The van der Waals surface area contributed by atoms with E-state index >= 15 is 0 Å². The summed E-state index contributed by atoms with van der Waals surface area (Å²) in [5, 5.41) is 5.04. The minimum Gasteiger partial charge on any atom is -0.309 e. The van der Waals surface area contributed by atoms with Crippen LogP contribution in [0.5, 0.6) is 0 Å². The minimum absolute atomic E-state index is 0.989. The molecular weight excluding hydrogens is 593 g/mol. The second-order valence-electron chi connectivity index (χ2n) is 12.9. The lowest BCUT2D eigenvalue weighted by atomic mass is 10.0. The fourth-order valence-electron chi connectivity index (χ4n) is 7.88. The van der Waals surface area contributed by atoms with E-state index in [1.807, 2.05) is 0 Å². The molecule has 2 heteroatoms. The Balaban J connectivity index is 1.14. The van der Waals surface area contributed by atoms with Gasteiger partial charge in [0.15, 0.2) is 0 Å². The minimum atomic E-state index is 0.989. The quantitative estimate of drug-likeness (QED) is 0.180. The molecule has 0 N–H and O–H groups in total. The predicted octanol–water partition coefficient (Wildman–Crippen LogP) is 12.6. The zero-order valence-corrected chi connectivity index (χ0v) is 26.9. The van der Waals surface area contributed by atoms with Crippen LogP contribution in [0.1, 0.15) is 12.0 Å². The molecule has 0 spiro atoms. The Bertz CT molecular complexity index is 2790. The Hall–Kier alpha value is -6.38. The molecule has 0 aliphatic heterocycles. The summed E-state index contributed by atoms with van der Waals surface area (Å²) in [6.07, 6.45) is 7.60. The summed E-state index contributed by atoms with van der Waals surface area (Å²) in [4.78, 5) is 0. The molecule has 9 aromatic rings. The topological polar surface area (TPSA) is 9.86 Å². The second kappa shape index (κ2) is 11.1. The maximum Gasteiger partial charge on any atom is 0.0541 e. The van der Waals surface area contributed by atoms with Gasteiger partial charge >= 0.3 is 0 Å². The first-order chi connectivity index (χ1) is 24.3. The molecule has 0 bridgehead atoms. The number of fused-ring (bicyclic) bond motifs is 6. The molecule has 10 rings (SSSR count). The van der Waals surface area contributed by atoms with Gasteiger partial charge in [0, 0.05) is 32.8 Å². The molecule has 230 valence electrons. The molecule has 0 fully saturated rings. The highest BCUT2D eigenvalue weighted by atomic mass is 15.0. The van der Waals surface area contributed by atoms with Crippen molar-refractivity contribution in [2.75, 3.05) is 0 Å².